The average Bonchev–Trinajstić information content (AvgIpc) is 2.65. The Bertz CT molecular complexity index is 114. The van der Waals surface area contributed by atoms with Crippen molar-refractivity contribution in [3.8, 4) is 0 Å². The van der Waals surface area contributed by atoms with Gasteiger partial charge < -0.3 is 5.11 Å². The van der Waals surface area contributed by atoms with E-state index < -0.39 is 0 Å². The fourth-order valence-electron chi connectivity index (χ4n) is 1.64. The lowest BCUT2D eigenvalue weighted by Crippen LogP contribution is -2.27. The molecule has 1 saturated carbocycles. The molecule has 2 fully saturated rings. The first-order valence-corrected chi connectivity index (χ1v) is 4.19. The zero-order chi connectivity index (χ0) is 7.72. The van der Waals surface area contributed by atoms with E-state index in [9.17, 15) is 0 Å². The van der Waals surface area contributed by atoms with Crippen LogP contribution >= 0.6 is 0 Å². The molecule has 1 aliphatic carbocycles. The fraction of sp³-hybridized carbons (Fsp3) is 1.00. The second-order valence-electron chi connectivity index (χ2n) is 2.94. The summed E-state index contributed by atoms with van der Waals surface area (Å²) in [6.07, 6.45) is 2.22. The van der Waals surface area contributed by atoms with E-state index in [2.05, 4.69) is 4.90 Å². The molecular weight excluding hydrogens is 126 g/mol. The number of hydrogen-bond acceptors (Lipinski definition) is 2. The van der Waals surface area contributed by atoms with E-state index in [-0.39, 0.29) is 6.23 Å². The minimum Gasteiger partial charge on any atom is -0.378 e. The lowest BCUT2D eigenvalue weighted by molar-refractivity contribution is 0.0377. The summed E-state index contributed by atoms with van der Waals surface area (Å²) in [5.74, 6) is 0.843. The number of rotatable bonds is 0. The molecular formula is C8H17NO. The van der Waals surface area contributed by atoms with Gasteiger partial charge >= 0.3 is 0 Å². The number of aliphatic hydroxyl groups excluding tert-OH is 1. The summed E-state index contributed by atoms with van der Waals surface area (Å²) in [7, 11) is 2.00. The second-order valence-corrected chi connectivity index (χ2v) is 2.94. The highest BCUT2D eigenvalue weighted by Gasteiger charge is 2.49. The third-order valence-corrected chi connectivity index (χ3v) is 2.39. The smallest absolute Gasteiger partial charge is 0.107 e. The average molecular weight is 143 g/mol. The predicted molar refractivity (Wildman–Crippen MR) is 41.6 cm³/mol. The zero-order valence-electron chi connectivity index (χ0n) is 7.04. The van der Waals surface area contributed by atoms with Crippen LogP contribution in [0.15, 0.2) is 0 Å². The van der Waals surface area contributed by atoms with Gasteiger partial charge in [0.1, 0.15) is 6.23 Å². The molecule has 1 saturated heterocycles. The SMILES string of the molecule is CC.CN1C(O)CC2CC21. The van der Waals surface area contributed by atoms with E-state index in [1.165, 1.54) is 6.42 Å². The Balaban J connectivity index is 0.000000231. The lowest BCUT2D eigenvalue weighted by Gasteiger charge is -2.15. The molecule has 1 heterocycles. The minimum absolute atomic E-state index is 0.126. The Morgan fingerprint density at radius 1 is 1.30 bits per heavy atom. The maximum Gasteiger partial charge on any atom is 0.107 e. The molecule has 3 unspecified atom stereocenters. The molecule has 0 amide bonds. The summed E-state index contributed by atoms with van der Waals surface area (Å²) in [6.45, 7) is 4.00. The summed E-state index contributed by atoms with van der Waals surface area (Å²) in [4.78, 5) is 2.07. The van der Waals surface area contributed by atoms with Crippen LogP contribution in [0.4, 0.5) is 0 Å². The summed E-state index contributed by atoms with van der Waals surface area (Å²) in [5, 5.41) is 9.12. The Morgan fingerprint density at radius 2 is 1.90 bits per heavy atom. The monoisotopic (exact) mass is 143 g/mol. The van der Waals surface area contributed by atoms with Crippen molar-refractivity contribution in [2.45, 2.75) is 39.0 Å². The van der Waals surface area contributed by atoms with Gasteiger partial charge in [-0.05, 0) is 25.8 Å². The van der Waals surface area contributed by atoms with E-state index in [0.29, 0.717) is 0 Å². The molecule has 1 N–H and O–H groups in total. The van der Waals surface area contributed by atoms with Crippen molar-refractivity contribution < 1.29 is 5.11 Å². The highest BCUT2D eigenvalue weighted by Crippen LogP contribution is 2.45. The van der Waals surface area contributed by atoms with Crippen molar-refractivity contribution in [1.82, 2.24) is 4.90 Å². The number of aliphatic hydroxyl groups is 1. The van der Waals surface area contributed by atoms with Crippen molar-refractivity contribution in [2.24, 2.45) is 5.92 Å². The molecule has 0 aromatic rings. The topological polar surface area (TPSA) is 23.5 Å². The first-order valence-electron chi connectivity index (χ1n) is 4.19. The maximum atomic E-state index is 9.12. The van der Waals surface area contributed by atoms with Gasteiger partial charge in [0.25, 0.3) is 0 Å². The number of fused-ring (bicyclic) bond motifs is 1. The molecule has 0 aromatic heterocycles. The highest BCUT2D eigenvalue weighted by molar-refractivity contribution is 5.01. The van der Waals surface area contributed by atoms with E-state index in [4.69, 9.17) is 5.11 Å². The van der Waals surface area contributed by atoms with Crippen LogP contribution in [0.25, 0.3) is 0 Å². The number of hydrogen-bond donors (Lipinski definition) is 1. The lowest BCUT2D eigenvalue weighted by atomic mass is 10.3. The molecule has 0 aromatic carbocycles. The van der Waals surface area contributed by atoms with Crippen LogP contribution in [0.2, 0.25) is 0 Å². The van der Waals surface area contributed by atoms with Crippen molar-refractivity contribution in [2.75, 3.05) is 7.05 Å². The third-order valence-electron chi connectivity index (χ3n) is 2.39. The summed E-state index contributed by atoms with van der Waals surface area (Å²) in [5.41, 5.74) is 0. The van der Waals surface area contributed by atoms with Crippen LogP contribution in [-0.4, -0.2) is 29.3 Å². The third kappa shape index (κ3) is 1.18. The maximum absolute atomic E-state index is 9.12. The number of likely N-dealkylation sites (tertiary alicyclic amines) is 1. The van der Waals surface area contributed by atoms with E-state index in [1.807, 2.05) is 20.9 Å². The van der Waals surface area contributed by atoms with Crippen molar-refractivity contribution >= 4 is 0 Å². The predicted octanol–water partition coefficient (Wildman–Crippen LogP) is 1.05. The molecule has 2 aliphatic rings. The molecule has 0 spiro atoms. The standard InChI is InChI=1S/C6H11NO.C2H6/c1-7-5-2-4(5)3-6(7)8;1-2/h4-6,8H,2-3H2,1H3;1-2H3. The van der Waals surface area contributed by atoms with E-state index in [1.54, 1.807) is 0 Å². The first-order chi connectivity index (χ1) is 4.79. The molecule has 3 atom stereocenters. The van der Waals surface area contributed by atoms with Gasteiger partial charge in [0.2, 0.25) is 0 Å². The molecule has 60 valence electrons. The molecule has 0 radical (unpaired) electrons. The normalized spacial score (nSPS) is 43.8. The van der Waals surface area contributed by atoms with Crippen LogP contribution in [-0.2, 0) is 0 Å². The van der Waals surface area contributed by atoms with Gasteiger partial charge in [0, 0.05) is 6.04 Å². The van der Waals surface area contributed by atoms with Crippen LogP contribution in [0, 0.1) is 5.92 Å². The fourth-order valence-corrected chi connectivity index (χ4v) is 1.64. The second kappa shape index (κ2) is 2.89. The number of piperidine rings is 1. The highest BCUT2D eigenvalue weighted by atomic mass is 16.3. The minimum atomic E-state index is -0.126. The van der Waals surface area contributed by atoms with Gasteiger partial charge in [-0.25, -0.2) is 0 Å². The van der Waals surface area contributed by atoms with Crippen molar-refractivity contribution in [3.05, 3.63) is 0 Å². The van der Waals surface area contributed by atoms with Crippen LogP contribution in [0.3, 0.4) is 0 Å². The Kier molecular flexibility index (Phi) is 2.32. The van der Waals surface area contributed by atoms with Crippen LogP contribution in [0.5, 0.6) is 0 Å². The van der Waals surface area contributed by atoms with E-state index >= 15 is 0 Å². The van der Waals surface area contributed by atoms with Gasteiger partial charge in [-0.2, -0.15) is 0 Å². The quantitative estimate of drug-likeness (QED) is 0.548. The summed E-state index contributed by atoms with van der Waals surface area (Å²) >= 11 is 0. The first kappa shape index (κ1) is 8.02. The Morgan fingerprint density at radius 3 is 2.10 bits per heavy atom. The van der Waals surface area contributed by atoms with Gasteiger partial charge in [-0.1, -0.05) is 13.8 Å². The summed E-state index contributed by atoms with van der Waals surface area (Å²) in [6, 6.07) is 0.741. The zero-order valence-corrected chi connectivity index (χ0v) is 7.04. The molecule has 2 heteroatoms. The molecule has 10 heavy (non-hydrogen) atoms. The van der Waals surface area contributed by atoms with Crippen molar-refractivity contribution in [3.63, 3.8) is 0 Å². The van der Waals surface area contributed by atoms with Gasteiger partial charge in [-0.3, -0.25) is 4.90 Å². The van der Waals surface area contributed by atoms with Crippen LogP contribution < -0.4 is 0 Å². The molecule has 0 bridgehead atoms. The van der Waals surface area contributed by atoms with Gasteiger partial charge in [0.05, 0.1) is 0 Å². The molecule has 2 nitrogen and oxygen atoms in total. The van der Waals surface area contributed by atoms with Gasteiger partial charge in [-0.15, -0.1) is 0 Å². The Hall–Kier alpha value is -0.0800. The number of nitrogens with zero attached hydrogens (tertiary/aromatic N) is 1. The van der Waals surface area contributed by atoms with E-state index in [0.717, 1.165) is 18.4 Å². The largest absolute Gasteiger partial charge is 0.378 e. The molecule has 1 aliphatic heterocycles. The van der Waals surface area contributed by atoms with Gasteiger partial charge in [0.15, 0.2) is 0 Å². The Labute approximate surface area is 62.8 Å². The summed E-state index contributed by atoms with van der Waals surface area (Å²) < 4.78 is 0. The van der Waals surface area contributed by atoms with Crippen molar-refractivity contribution in [1.29, 1.82) is 0 Å². The van der Waals surface area contributed by atoms with Crippen LogP contribution in [0.1, 0.15) is 26.7 Å². The molecule has 2 rings (SSSR count).